The molecule has 0 radical (unpaired) electrons. The number of esters is 1. The van der Waals surface area contributed by atoms with Crippen molar-refractivity contribution in [3.8, 4) is 17.1 Å². The second kappa shape index (κ2) is 7.52. The Morgan fingerprint density at radius 3 is 2.31 bits per heavy atom. The molecule has 0 unspecified atom stereocenters. The summed E-state index contributed by atoms with van der Waals surface area (Å²) in [5, 5.41) is 2.66. The van der Waals surface area contributed by atoms with Crippen LogP contribution >= 0.6 is 0 Å². The molecule has 7 heteroatoms. The van der Waals surface area contributed by atoms with Gasteiger partial charge in [-0.2, -0.15) is 0 Å². The predicted molar refractivity (Wildman–Crippen MR) is 94.2 cm³/mol. The lowest BCUT2D eigenvalue weighted by Gasteiger charge is -2.04. The third kappa shape index (κ3) is 3.72. The molecule has 1 aromatic heterocycles. The van der Waals surface area contributed by atoms with Crippen LogP contribution in [0.25, 0.3) is 11.3 Å². The molecule has 1 heterocycles. The summed E-state index contributed by atoms with van der Waals surface area (Å²) in [7, 11) is 2.89. The van der Waals surface area contributed by atoms with Crippen LogP contribution < -0.4 is 10.1 Å². The van der Waals surface area contributed by atoms with Crippen LogP contribution in [0, 0.1) is 0 Å². The number of amides is 1. The predicted octanol–water partition coefficient (Wildman–Crippen LogP) is 3.39. The molecule has 2 aromatic carbocycles. The van der Waals surface area contributed by atoms with Gasteiger partial charge in [0.05, 0.1) is 26.0 Å². The van der Waals surface area contributed by atoms with E-state index >= 15 is 0 Å². The van der Waals surface area contributed by atoms with Crippen LogP contribution in [0.15, 0.2) is 59.1 Å². The van der Waals surface area contributed by atoms with Gasteiger partial charge >= 0.3 is 11.9 Å². The van der Waals surface area contributed by atoms with E-state index in [-0.39, 0.29) is 5.89 Å². The monoisotopic (exact) mass is 352 g/mol. The van der Waals surface area contributed by atoms with E-state index in [9.17, 15) is 9.59 Å². The molecule has 0 fully saturated rings. The van der Waals surface area contributed by atoms with Crippen LogP contribution in [0.4, 0.5) is 5.69 Å². The van der Waals surface area contributed by atoms with Gasteiger partial charge < -0.3 is 19.2 Å². The Hall–Kier alpha value is -3.61. The van der Waals surface area contributed by atoms with Crippen molar-refractivity contribution in [3.63, 3.8) is 0 Å². The molecule has 26 heavy (non-hydrogen) atoms. The minimum absolute atomic E-state index is 0.0622. The van der Waals surface area contributed by atoms with Crippen molar-refractivity contribution >= 4 is 17.6 Å². The van der Waals surface area contributed by atoms with Crippen LogP contribution in [-0.4, -0.2) is 31.1 Å². The van der Waals surface area contributed by atoms with Crippen molar-refractivity contribution < 1.29 is 23.5 Å². The van der Waals surface area contributed by atoms with Crippen LogP contribution in [0.2, 0.25) is 0 Å². The standard InChI is InChI=1S/C19H16N2O5/c1-24-15-9-5-12(6-10-15)16-11-20-18(26-16)17(22)21-14-7-3-13(4-8-14)19(23)25-2/h3-11H,1-2H3,(H,21,22). The van der Waals surface area contributed by atoms with Gasteiger partial charge in [0.25, 0.3) is 5.89 Å². The molecule has 0 atom stereocenters. The second-order valence-corrected chi connectivity index (χ2v) is 5.28. The number of nitrogens with zero attached hydrogens (tertiary/aromatic N) is 1. The van der Waals surface area contributed by atoms with Crippen LogP contribution in [0.1, 0.15) is 21.0 Å². The van der Waals surface area contributed by atoms with Gasteiger partial charge in [0.2, 0.25) is 0 Å². The topological polar surface area (TPSA) is 90.7 Å². The van der Waals surface area contributed by atoms with Crippen molar-refractivity contribution in [1.82, 2.24) is 4.98 Å². The van der Waals surface area contributed by atoms with E-state index in [1.807, 2.05) is 12.1 Å². The first kappa shape index (κ1) is 17.2. The van der Waals surface area contributed by atoms with Crippen molar-refractivity contribution in [2.45, 2.75) is 0 Å². The summed E-state index contributed by atoms with van der Waals surface area (Å²) in [6, 6.07) is 13.5. The molecule has 3 rings (SSSR count). The average Bonchev–Trinajstić information content (AvgIpc) is 3.18. The Bertz CT molecular complexity index is 914. The molecule has 0 saturated carbocycles. The Labute approximate surface area is 149 Å². The SMILES string of the molecule is COC(=O)c1ccc(NC(=O)c2ncc(-c3ccc(OC)cc3)o2)cc1. The number of carbonyl (C=O) groups is 2. The van der Waals surface area contributed by atoms with E-state index < -0.39 is 11.9 Å². The number of methoxy groups -OCH3 is 2. The number of hydrogen-bond donors (Lipinski definition) is 1. The van der Waals surface area contributed by atoms with Gasteiger partial charge in [0, 0.05) is 11.3 Å². The summed E-state index contributed by atoms with van der Waals surface area (Å²) < 4.78 is 15.3. The number of hydrogen-bond acceptors (Lipinski definition) is 6. The van der Waals surface area contributed by atoms with E-state index in [1.54, 1.807) is 43.5 Å². The van der Waals surface area contributed by atoms with E-state index in [4.69, 9.17) is 9.15 Å². The summed E-state index contributed by atoms with van der Waals surface area (Å²) in [6.07, 6.45) is 1.48. The lowest BCUT2D eigenvalue weighted by Crippen LogP contribution is -2.12. The Morgan fingerprint density at radius 1 is 1.00 bits per heavy atom. The number of aromatic nitrogens is 1. The summed E-state index contributed by atoms with van der Waals surface area (Å²) in [5.74, 6) is 0.198. The van der Waals surface area contributed by atoms with Crippen molar-refractivity contribution in [2.24, 2.45) is 0 Å². The molecular weight excluding hydrogens is 336 g/mol. The number of anilines is 1. The van der Waals surface area contributed by atoms with Gasteiger partial charge in [0.1, 0.15) is 5.75 Å². The van der Waals surface area contributed by atoms with E-state index in [0.717, 1.165) is 11.3 Å². The van der Waals surface area contributed by atoms with E-state index in [2.05, 4.69) is 15.0 Å². The molecule has 7 nitrogen and oxygen atoms in total. The molecule has 0 aliphatic carbocycles. The fourth-order valence-electron chi connectivity index (χ4n) is 2.26. The van der Waals surface area contributed by atoms with Gasteiger partial charge in [-0.15, -0.1) is 0 Å². The lowest BCUT2D eigenvalue weighted by atomic mass is 10.2. The molecule has 0 aliphatic rings. The van der Waals surface area contributed by atoms with Crippen LogP contribution in [0.5, 0.6) is 5.75 Å². The quantitative estimate of drug-likeness (QED) is 0.708. The smallest absolute Gasteiger partial charge is 0.337 e. The average molecular weight is 352 g/mol. The number of benzene rings is 2. The van der Waals surface area contributed by atoms with Crippen molar-refractivity contribution in [1.29, 1.82) is 0 Å². The minimum atomic E-state index is -0.490. The maximum Gasteiger partial charge on any atom is 0.337 e. The molecule has 132 valence electrons. The highest BCUT2D eigenvalue weighted by Gasteiger charge is 2.15. The summed E-state index contributed by atoms with van der Waals surface area (Å²) >= 11 is 0. The van der Waals surface area contributed by atoms with Crippen molar-refractivity contribution in [2.75, 3.05) is 19.5 Å². The highest BCUT2D eigenvalue weighted by atomic mass is 16.5. The summed E-state index contributed by atoms with van der Waals surface area (Å²) in [5.41, 5.74) is 1.68. The normalized spacial score (nSPS) is 10.2. The largest absolute Gasteiger partial charge is 0.497 e. The molecule has 1 amide bonds. The first-order valence-corrected chi connectivity index (χ1v) is 7.70. The fraction of sp³-hybridized carbons (Fsp3) is 0.105. The fourth-order valence-corrected chi connectivity index (χ4v) is 2.26. The third-order valence-corrected chi connectivity index (χ3v) is 3.64. The number of carbonyl (C=O) groups excluding carboxylic acids is 2. The highest BCUT2D eigenvalue weighted by molar-refractivity contribution is 6.01. The lowest BCUT2D eigenvalue weighted by molar-refractivity contribution is 0.0600. The number of nitrogens with one attached hydrogen (secondary N) is 1. The molecule has 0 aliphatic heterocycles. The Kier molecular flexibility index (Phi) is 4.98. The maximum absolute atomic E-state index is 12.3. The van der Waals surface area contributed by atoms with Crippen LogP contribution in [-0.2, 0) is 4.74 Å². The van der Waals surface area contributed by atoms with Gasteiger partial charge in [0.15, 0.2) is 5.76 Å². The molecular formula is C19H16N2O5. The number of oxazole rings is 1. The van der Waals surface area contributed by atoms with Gasteiger partial charge in [-0.25, -0.2) is 9.78 Å². The maximum atomic E-state index is 12.3. The molecule has 0 saturated heterocycles. The van der Waals surface area contributed by atoms with Gasteiger partial charge in [-0.05, 0) is 48.5 Å². The first-order chi connectivity index (χ1) is 12.6. The summed E-state index contributed by atoms with van der Waals surface area (Å²) in [4.78, 5) is 27.7. The Morgan fingerprint density at radius 2 is 1.69 bits per heavy atom. The Balaban J connectivity index is 1.70. The summed E-state index contributed by atoms with van der Waals surface area (Å²) in [6.45, 7) is 0. The number of rotatable bonds is 5. The van der Waals surface area contributed by atoms with Gasteiger partial charge in [-0.1, -0.05) is 0 Å². The minimum Gasteiger partial charge on any atom is -0.497 e. The third-order valence-electron chi connectivity index (χ3n) is 3.64. The van der Waals surface area contributed by atoms with Gasteiger partial charge in [-0.3, -0.25) is 4.79 Å². The van der Waals surface area contributed by atoms with E-state index in [0.29, 0.717) is 17.0 Å². The zero-order chi connectivity index (χ0) is 18.5. The molecule has 0 bridgehead atoms. The second-order valence-electron chi connectivity index (χ2n) is 5.28. The molecule has 1 N–H and O–H groups in total. The molecule has 0 spiro atoms. The van der Waals surface area contributed by atoms with Crippen molar-refractivity contribution in [3.05, 3.63) is 66.2 Å². The van der Waals surface area contributed by atoms with E-state index in [1.165, 1.54) is 13.3 Å². The van der Waals surface area contributed by atoms with Crippen LogP contribution in [0.3, 0.4) is 0 Å². The highest BCUT2D eigenvalue weighted by Crippen LogP contribution is 2.23. The zero-order valence-electron chi connectivity index (χ0n) is 14.2. The molecule has 3 aromatic rings. The first-order valence-electron chi connectivity index (χ1n) is 7.70. The number of ether oxygens (including phenoxy) is 2. The zero-order valence-corrected chi connectivity index (χ0v) is 14.2.